The van der Waals surface area contributed by atoms with E-state index >= 15 is 0 Å². The molecule has 3 aromatic rings. The van der Waals surface area contributed by atoms with Crippen LogP contribution in [0.25, 0.3) is 11.0 Å². The van der Waals surface area contributed by atoms with E-state index in [9.17, 15) is 13.2 Å². The Hall–Kier alpha value is -2.85. The molecule has 1 aliphatic rings. The molecule has 2 aromatic heterocycles. The van der Waals surface area contributed by atoms with E-state index in [2.05, 4.69) is 15.1 Å². The average Bonchev–Trinajstić information content (AvgIpc) is 2.99. The van der Waals surface area contributed by atoms with Gasteiger partial charge in [-0.05, 0) is 24.6 Å². The predicted molar refractivity (Wildman–Crippen MR) is 102 cm³/mol. The van der Waals surface area contributed by atoms with Crippen LogP contribution in [-0.2, 0) is 17.1 Å². The van der Waals surface area contributed by atoms with Gasteiger partial charge in [-0.3, -0.25) is 19.4 Å². The minimum absolute atomic E-state index is 0.131. The maximum Gasteiger partial charge on any atom is 0.253 e. The number of benzene rings is 1. The van der Waals surface area contributed by atoms with Crippen molar-refractivity contribution in [3.63, 3.8) is 0 Å². The van der Waals surface area contributed by atoms with E-state index in [-0.39, 0.29) is 17.3 Å². The number of fused-ring (bicyclic) bond motifs is 1. The third kappa shape index (κ3) is 3.48. The highest BCUT2D eigenvalue weighted by Crippen LogP contribution is 2.19. The highest BCUT2D eigenvalue weighted by Gasteiger charge is 2.29. The van der Waals surface area contributed by atoms with Crippen LogP contribution in [0.4, 0.5) is 0 Å². The lowest BCUT2D eigenvalue weighted by atomic mass is 10.1. The van der Waals surface area contributed by atoms with Gasteiger partial charge in [-0.15, -0.1) is 0 Å². The zero-order valence-corrected chi connectivity index (χ0v) is 16.2. The Morgan fingerprint density at radius 1 is 1.04 bits per heavy atom. The molecule has 28 heavy (non-hydrogen) atoms. The number of carbonyl (C=O) groups excluding carboxylic acids is 1. The van der Waals surface area contributed by atoms with Crippen LogP contribution in [0, 0.1) is 0 Å². The van der Waals surface area contributed by atoms with Crippen molar-refractivity contribution in [1.29, 1.82) is 0 Å². The van der Waals surface area contributed by atoms with Crippen LogP contribution in [0.2, 0.25) is 0 Å². The standard InChI is InChI=1S/C18H20N6O3S/c1-22-13-15(12-21-22)28(26,27)24-8-2-7-23(9-10-24)18(25)14-3-4-16-17(11-14)20-6-5-19-16/h3-6,11-13H,2,7-10H2,1H3. The monoisotopic (exact) mass is 400 g/mol. The summed E-state index contributed by atoms with van der Waals surface area (Å²) in [6.07, 6.45) is 6.59. The van der Waals surface area contributed by atoms with Gasteiger partial charge in [0, 0.05) is 57.4 Å². The van der Waals surface area contributed by atoms with Gasteiger partial charge in [-0.1, -0.05) is 0 Å². The first kappa shape index (κ1) is 18.5. The highest BCUT2D eigenvalue weighted by atomic mass is 32.2. The molecule has 1 saturated heterocycles. The van der Waals surface area contributed by atoms with Crippen LogP contribution in [0.1, 0.15) is 16.8 Å². The second kappa shape index (κ2) is 7.28. The Balaban J connectivity index is 1.51. The molecule has 0 atom stereocenters. The summed E-state index contributed by atoms with van der Waals surface area (Å²) in [5, 5.41) is 3.94. The summed E-state index contributed by atoms with van der Waals surface area (Å²) in [7, 11) is -1.94. The third-order valence-electron chi connectivity index (χ3n) is 4.78. The second-order valence-electron chi connectivity index (χ2n) is 6.66. The molecule has 0 saturated carbocycles. The van der Waals surface area contributed by atoms with Crippen LogP contribution >= 0.6 is 0 Å². The number of nitrogens with zero attached hydrogens (tertiary/aromatic N) is 6. The Morgan fingerprint density at radius 2 is 1.82 bits per heavy atom. The molecule has 0 bridgehead atoms. The molecule has 3 heterocycles. The molecule has 1 aromatic carbocycles. The van der Waals surface area contributed by atoms with Gasteiger partial charge in [0.2, 0.25) is 10.0 Å². The zero-order valence-electron chi connectivity index (χ0n) is 15.4. The number of aromatic nitrogens is 4. The quantitative estimate of drug-likeness (QED) is 0.647. The summed E-state index contributed by atoms with van der Waals surface area (Å²) in [4.78, 5) is 23.2. The van der Waals surface area contributed by atoms with E-state index in [0.717, 1.165) is 5.52 Å². The third-order valence-corrected chi connectivity index (χ3v) is 6.63. The molecule has 0 aliphatic carbocycles. The minimum atomic E-state index is -3.61. The number of aryl methyl sites for hydroxylation is 1. The average molecular weight is 400 g/mol. The van der Waals surface area contributed by atoms with Gasteiger partial charge in [0.1, 0.15) is 4.90 Å². The normalized spacial score (nSPS) is 16.2. The van der Waals surface area contributed by atoms with Gasteiger partial charge in [0.25, 0.3) is 5.91 Å². The molecule has 4 rings (SSSR count). The minimum Gasteiger partial charge on any atom is -0.337 e. The van der Waals surface area contributed by atoms with Crippen LogP contribution in [0.5, 0.6) is 0 Å². The lowest BCUT2D eigenvalue weighted by Crippen LogP contribution is -2.37. The van der Waals surface area contributed by atoms with E-state index in [0.29, 0.717) is 37.1 Å². The van der Waals surface area contributed by atoms with Crippen molar-refractivity contribution in [2.75, 3.05) is 26.2 Å². The molecule has 146 valence electrons. The lowest BCUT2D eigenvalue weighted by Gasteiger charge is -2.21. The smallest absolute Gasteiger partial charge is 0.253 e. The molecule has 1 fully saturated rings. The topological polar surface area (TPSA) is 101 Å². The summed E-state index contributed by atoms with van der Waals surface area (Å²) < 4.78 is 28.5. The first-order valence-electron chi connectivity index (χ1n) is 8.94. The van der Waals surface area contributed by atoms with Crippen molar-refractivity contribution in [3.05, 3.63) is 48.5 Å². The van der Waals surface area contributed by atoms with E-state index in [1.165, 1.54) is 21.4 Å². The van der Waals surface area contributed by atoms with Crippen LogP contribution in [0.15, 0.2) is 47.9 Å². The fourth-order valence-electron chi connectivity index (χ4n) is 3.30. The SMILES string of the molecule is Cn1cc(S(=O)(=O)N2CCCN(C(=O)c3ccc4nccnc4c3)CC2)cn1. The van der Waals surface area contributed by atoms with Gasteiger partial charge in [0.15, 0.2) is 0 Å². The molecule has 9 nitrogen and oxygen atoms in total. The fraction of sp³-hybridized carbons (Fsp3) is 0.333. The van der Waals surface area contributed by atoms with Crippen molar-refractivity contribution in [3.8, 4) is 0 Å². The first-order chi connectivity index (χ1) is 13.4. The summed E-state index contributed by atoms with van der Waals surface area (Å²) in [5.41, 5.74) is 1.91. The number of hydrogen-bond acceptors (Lipinski definition) is 6. The molecular weight excluding hydrogens is 380 g/mol. The highest BCUT2D eigenvalue weighted by molar-refractivity contribution is 7.89. The Morgan fingerprint density at radius 3 is 2.57 bits per heavy atom. The molecule has 1 aliphatic heterocycles. The molecule has 0 spiro atoms. The molecule has 0 radical (unpaired) electrons. The van der Waals surface area contributed by atoms with Crippen molar-refractivity contribution >= 4 is 27.0 Å². The van der Waals surface area contributed by atoms with Crippen LogP contribution in [-0.4, -0.2) is 69.5 Å². The zero-order chi connectivity index (χ0) is 19.7. The van der Waals surface area contributed by atoms with Crippen LogP contribution < -0.4 is 0 Å². The molecule has 0 unspecified atom stereocenters. The van der Waals surface area contributed by atoms with Gasteiger partial charge >= 0.3 is 0 Å². The Labute approximate surface area is 162 Å². The lowest BCUT2D eigenvalue weighted by molar-refractivity contribution is 0.0764. The van der Waals surface area contributed by atoms with Crippen molar-refractivity contribution in [1.82, 2.24) is 29.0 Å². The molecule has 10 heteroatoms. The number of carbonyl (C=O) groups is 1. The van der Waals surface area contributed by atoms with Gasteiger partial charge in [-0.2, -0.15) is 9.40 Å². The number of rotatable bonds is 3. The van der Waals surface area contributed by atoms with E-state index in [1.807, 2.05) is 0 Å². The molecular formula is C18H20N6O3S. The Kier molecular flexibility index (Phi) is 4.82. The summed E-state index contributed by atoms with van der Waals surface area (Å²) >= 11 is 0. The summed E-state index contributed by atoms with van der Waals surface area (Å²) in [5.74, 6) is -0.131. The second-order valence-corrected chi connectivity index (χ2v) is 8.60. The van der Waals surface area contributed by atoms with Crippen molar-refractivity contribution in [2.24, 2.45) is 7.05 Å². The molecule has 1 amide bonds. The van der Waals surface area contributed by atoms with Gasteiger partial charge in [-0.25, -0.2) is 8.42 Å². The number of hydrogen-bond donors (Lipinski definition) is 0. The van der Waals surface area contributed by atoms with Gasteiger partial charge < -0.3 is 4.90 Å². The maximum absolute atomic E-state index is 12.9. The fourth-order valence-corrected chi connectivity index (χ4v) is 4.75. The predicted octanol–water partition coefficient (Wildman–Crippen LogP) is 0.900. The van der Waals surface area contributed by atoms with E-state index in [1.54, 1.807) is 42.5 Å². The van der Waals surface area contributed by atoms with E-state index < -0.39 is 10.0 Å². The van der Waals surface area contributed by atoms with Crippen molar-refractivity contribution in [2.45, 2.75) is 11.3 Å². The number of amides is 1. The largest absolute Gasteiger partial charge is 0.337 e. The summed E-state index contributed by atoms with van der Waals surface area (Å²) in [6.45, 7) is 1.44. The maximum atomic E-state index is 12.9. The van der Waals surface area contributed by atoms with Gasteiger partial charge in [0.05, 0.1) is 17.2 Å². The van der Waals surface area contributed by atoms with Crippen LogP contribution in [0.3, 0.4) is 0 Å². The number of sulfonamides is 1. The Bertz CT molecular complexity index is 1130. The summed E-state index contributed by atoms with van der Waals surface area (Å²) in [6, 6.07) is 5.22. The van der Waals surface area contributed by atoms with E-state index in [4.69, 9.17) is 0 Å². The first-order valence-corrected chi connectivity index (χ1v) is 10.4. The molecule has 0 N–H and O–H groups in total. The van der Waals surface area contributed by atoms with Crippen molar-refractivity contribution < 1.29 is 13.2 Å².